The summed E-state index contributed by atoms with van der Waals surface area (Å²) in [5.41, 5.74) is 0.333. The van der Waals surface area contributed by atoms with Gasteiger partial charge in [-0.3, -0.25) is 4.79 Å². The molecule has 28 heavy (non-hydrogen) atoms. The third kappa shape index (κ3) is 3.72. The van der Waals surface area contributed by atoms with Gasteiger partial charge in [-0.2, -0.15) is 21.9 Å². The van der Waals surface area contributed by atoms with Crippen LogP contribution in [0.1, 0.15) is 18.4 Å². The van der Waals surface area contributed by atoms with Crippen molar-refractivity contribution in [1.29, 1.82) is 0 Å². The van der Waals surface area contributed by atoms with Crippen LogP contribution in [0.2, 0.25) is 0 Å². The lowest BCUT2D eigenvalue weighted by Gasteiger charge is -2.31. The van der Waals surface area contributed by atoms with Gasteiger partial charge in [0.2, 0.25) is 5.91 Å². The van der Waals surface area contributed by atoms with E-state index < -0.39 is 11.7 Å². The van der Waals surface area contributed by atoms with Gasteiger partial charge in [-0.25, -0.2) is 15.0 Å². The summed E-state index contributed by atoms with van der Waals surface area (Å²) in [6.07, 6.45) is -1.15. The molecule has 0 saturated carbocycles. The van der Waals surface area contributed by atoms with Crippen LogP contribution in [0.3, 0.4) is 0 Å². The summed E-state index contributed by atoms with van der Waals surface area (Å²) in [6, 6.07) is 2.05. The summed E-state index contributed by atoms with van der Waals surface area (Å²) in [5, 5.41) is 2.59. The number of aromatic nitrogens is 5. The molecule has 4 rings (SSSR count). The molecule has 0 spiro atoms. The average Bonchev–Trinajstić information content (AvgIpc) is 3.17. The van der Waals surface area contributed by atoms with E-state index in [1.807, 2.05) is 4.90 Å². The monoisotopic (exact) mass is 409 g/mol. The standard InChI is InChI=1S/C16H14F3N7OS/c17-16(18,19)10-1-2-11(20-7-10)23-15(27)9-3-5-26(6-4-9)14-12-13(21-8-22-14)25-28-24-12/h1-2,7-9H,3-6H2,(H,20,23,27). The fraction of sp³-hybridized carbons (Fsp3) is 0.375. The number of rotatable bonds is 3. The van der Waals surface area contributed by atoms with Crippen molar-refractivity contribution < 1.29 is 18.0 Å². The molecule has 0 bridgehead atoms. The van der Waals surface area contributed by atoms with Gasteiger partial charge in [-0.1, -0.05) is 0 Å². The van der Waals surface area contributed by atoms with Crippen LogP contribution in [0, 0.1) is 5.92 Å². The lowest BCUT2D eigenvalue weighted by Crippen LogP contribution is -2.38. The van der Waals surface area contributed by atoms with E-state index in [9.17, 15) is 18.0 Å². The second-order valence-electron chi connectivity index (χ2n) is 6.31. The molecular formula is C16H14F3N7OS. The number of piperidine rings is 1. The van der Waals surface area contributed by atoms with Gasteiger partial charge in [0, 0.05) is 25.2 Å². The van der Waals surface area contributed by atoms with Crippen molar-refractivity contribution in [1.82, 2.24) is 23.7 Å². The zero-order valence-corrected chi connectivity index (χ0v) is 15.2. The van der Waals surface area contributed by atoms with Gasteiger partial charge in [0.25, 0.3) is 0 Å². The van der Waals surface area contributed by atoms with Gasteiger partial charge in [0.1, 0.15) is 12.1 Å². The van der Waals surface area contributed by atoms with E-state index in [-0.39, 0.29) is 17.6 Å². The number of carbonyl (C=O) groups excluding carboxylic acids is 1. The van der Waals surface area contributed by atoms with Crippen molar-refractivity contribution in [2.45, 2.75) is 19.0 Å². The van der Waals surface area contributed by atoms with Crippen LogP contribution in [0.15, 0.2) is 24.7 Å². The Morgan fingerprint density at radius 3 is 2.61 bits per heavy atom. The summed E-state index contributed by atoms with van der Waals surface area (Å²) in [6.45, 7) is 1.20. The Hall–Kier alpha value is -2.89. The van der Waals surface area contributed by atoms with Crippen molar-refractivity contribution >= 4 is 40.4 Å². The number of anilines is 2. The maximum atomic E-state index is 12.6. The van der Waals surface area contributed by atoms with Gasteiger partial charge in [0.05, 0.1) is 17.3 Å². The fourth-order valence-electron chi connectivity index (χ4n) is 3.06. The number of fused-ring (bicyclic) bond motifs is 1. The van der Waals surface area contributed by atoms with E-state index in [1.54, 1.807) is 0 Å². The van der Waals surface area contributed by atoms with E-state index in [0.717, 1.165) is 23.9 Å². The molecular weight excluding hydrogens is 395 g/mol. The van der Waals surface area contributed by atoms with Crippen molar-refractivity contribution in [2.75, 3.05) is 23.3 Å². The molecule has 4 heterocycles. The molecule has 1 N–H and O–H groups in total. The van der Waals surface area contributed by atoms with Crippen LogP contribution < -0.4 is 10.2 Å². The molecule has 12 heteroatoms. The number of alkyl halides is 3. The molecule has 3 aromatic rings. The number of pyridine rings is 1. The zero-order valence-electron chi connectivity index (χ0n) is 14.3. The molecule has 0 aromatic carbocycles. The number of hydrogen-bond donors (Lipinski definition) is 1. The summed E-state index contributed by atoms with van der Waals surface area (Å²) >= 11 is 1.07. The highest BCUT2D eigenvalue weighted by molar-refractivity contribution is 7.00. The van der Waals surface area contributed by atoms with Gasteiger partial charge in [0.15, 0.2) is 17.0 Å². The third-order valence-electron chi connectivity index (χ3n) is 4.55. The first-order valence-corrected chi connectivity index (χ1v) is 9.17. The van der Waals surface area contributed by atoms with E-state index >= 15 is 0 Å². The Kier molecular flexibility index (Phi) is 4.79. The van der Waals surface area contributed by atoms with Gasteiger partial charge < -0.3 is 10.2 Å². The Morgan fingerprint density at radius 1 is 1.14 bits per heavy atom. The number of amides is 1. The second-order valence-corrected chi connectivity index (χ2v) is 6.84. The topological polar surface area (TPSA) is 96.8 Å². The maximum absolute atomic E-state index is 12.6. The van der Waals surface area contributed by atoms with E-state index in [2.05, 4.69) is 29.0 Å². The molecule has 1 saturated heterocycles. The highest BCUT2D eigenvalue weighted by Crippen LogP contribution is 2.29. The summed E-state index contributed by atoms with van der Waals surface area (Å²) in [7, 11) is 0. The second kappa shape index (κ2) is 7.26. The highest BCUT2D eigenvalue weighted by Gasteiger charge is 2.31. The van der Waals surface area contributed by atoms with Crippen molar-refractivity contribution in [3.8, 4) is 0 Å². The minimum atomic E-state index is -4.46. The SMILES string of the molecule is O=C(Nc1ccc(C(F)(F)F)cn1)C1CCN(c2ncnc3nsnc23)CC1. The normalized spacial score (nSPS) is 15.8. The third-order valence-corrected chi connectivity index (χ3v) is 5.07. The molecule has 0 radical (unpaired) electrons. The van der Waals surface area contributed by atoms with Crippen molar-refractivity contribution in [3.05, 3.63) is 30.2 Å². The van der Waals surface area contributed by atoms with Crippen LogP contribution in [-0.2, 0) is 11.0 Å². The first kappa shape index (κ1) is 18.5. The number of nitrogens with one attached hydrogen (secondary N) is 1. The molecule has 0 aliphatic carbocycles. The zero-order chi connectivity index (χ0) is 19.7. The van der Waals surface area contributed by atoms with Crippen molar-refractivity contribution in [2.24, 2.45) is 5.92 Å². The van der Waals surface area contributed by atoms with E-state index in [4.69, 9.17) is 0 Å². The molecule has 0 atom stereocenters. The largest absolute Gasteiger partial charge is 0.417 e. The maximum Gasteiger partial charge on any atom is 0.417 e. The Balaban J connectivity index is 1.37. The molecule has 146 valence electrons. The molecule has 8 nitrogen and oxygen atoms in total. The number of halogens is 3. The molecule has 1 aliphatic rings. The van der Waals surface area contributed by atoms with Gasteiger partial charge in [-0.15, -0.1) is 0 Å². The lowest BCUT2D eigenvalue weighted by molar-refractivity contribution is -0.137. The molecule has 1 amide bonds. The Labute approximate surface area is 161 Å². The number of hydrogen-bond acceptors (Lipinski definition) is 8. The van der Waals surface area contributed by atoms with Gasteiger partial charge >= 0.3 is 6.18 Å². The Morgan fingerprint density at radius 2 is 1.93 bits per heavy atom. The highest BCUT2D eigenvalue weighted by atomic mass is 32.1. The van der Waals surface area contributed by atoms with Gasteiger partial charge in [-0.05, 0) is 25.0 Å². The first-order chi connectivity index (χ1) is 13.4. The summed E-state index contributed by atoms with van der Waals surface area (Å²) < 4.78 is 46.1. The lowest BCUT2D eigenvalue weighted by atomic mass is 9.96. The number of carbonyl (C=O) groups is 1. The van der Waals surface area contributed by atoms with Crippen molar-refractivity contribution in [3.63, 3.8) is 0 Å². The van der Waals surface area contributed by atoms with Crippen LogP contribution in [0.5, 0.6) is 0 Å². The molecule has 1 aliphatic heterocycles. The van der Waals surface area contributed by atoms with E-state index in [1.165, 1.54) is 6.33 Å². The Bertz CT molecular complexity index is 984. The van der Waals surface area contributed by atoms with Crippen LogP contribution in [0.4, 0.5) is 24.8 Å². The first-order valence-electron chi connectivity index (χ1n) is 8.44. The van der Waals surface area contributed by atoms with Crippen LogP contribution in [0.25, 0.3) is 11.2 Å². The average molecular weight is 409 g/mol. The summed E-state index contributed by atoms with van der Waals surface area (Å²) in [4.78, 5) is 26.5. The van der Waals surface area contributed by atoms with Crippen LogP contribution in [-0.4, -0.2) is 42.7 Å². The van der Waals surface area contributed by atoms with E-state index in [0.29, 0.717) is 49.1 Å². The minimum absolute atomic E-state index is 0.103. The predicted octanol–water partition coefficient (Wildman–Crippen LogP) is 2.75. The predicted molar refractivity (Wildman–Crippen MR) is 95.8 cm³/mol. The molecule has 0 unspecified atom stereocenters. The summed E-state index contributed by atoms with van der Waals surface area (Å²) in [5.74, 6) is 0.287. The molecule has 1 fully saturated rings. The number of nitrogens with zero attached hydrogens (tertiary/aromatic N) is 6. The minimum Gasteiger partial charge on any atom is -0.355 e. The molecule has 3 aromatic heterocycles. The quantitative estimate of drug-likeness (QED) is 0.710. The smallest absolute Gasteiger partial charge is 0.355 e. The fourth-order valence-corrected chi connectivity index (χ4v) is 3.55. The van der Waals surface area contributed by atoms with Crippen LogP contribution >= 0.6 is 11.7 Å².